The molecule has 2 amide bonds. The van der Waals surface area contributed by atoms with Crippen LogP contribution in [-0.2, 0) is 0 Å². The van der Waals surface area contributed by atoms with Gasteiger partial charge in [0.15, 0.2) is 0 Å². The number of carbonyl (C=O) groups excluding carboxylic acids is 1. The number of hydrogen-bond acceptors (Lipinski definition) is 2. The van der Waals surface area contributed by atoms with Crippen LogP contribution in [0.1, 0.15) is 45.4 Å². The summed E-state index contributed by atoms with van der Waals surface area (Å²) in [6.07, 6.45) is 6.63. The third kappa shape index (κ3) is 4.89. The monoisotopic (exact) mass is 257 g/mol. The molecule has 0 radical (unpaired) electrons. The molecule has 1 fully saturated rings. The SMILES string of the molecule is CCCCNC(=O)N(CC(N)=S)C1CCCC1. The number of nitrogens with one attached hydrogen (secondary N) is 1. The molecule has 0 aromatic heterocycles. The van der Waals surface area contributed by atoms with Crippen molar-refractivity contribution in [2.75, 3.05) is 13.1 Å². The standard InChI is InChI=1S/C12H23N3OS/c1-2-3-8-14-12(16)15(9-11(13)17)10-6-4-5-7-10/h10H,2-9H2,1H3,(H2,13,17)(H,14,16). The van der Waals surface area contributed by atoms with Crippen molar-refractivity contribution in [3.8, 4) is 0 Å². The third-order valence-electron chi connectivity index (χ3n) is 3.16. The summed E-state index contributed by atoms with van der Waals surface area (Å²) in [4.78, 5) is 14.2. The van der Waals surface area contributed by atoms with Crippen molar-refractivity contribution in [3.05, 3.63) is 0 Å². The van der Waals surface area contributed by atoms with Gasteiger partial charge in [-0.15, -0.1) is 0 Å². The van der Waals surface area contributed by atoms with Crippen LogP contribution in [0.25, 0.3) is 0 Å². The van der Waals surface area contributed by atoms with Gasteiger partial charge in [-0.05, 0) is 19.3 Å². The second-order valence-corrected chi connectivity index (χ2v) is 5.14. The van der Waals surface area contributed by atoms with E-state index >= 15 is 0 Å². The van der Waals surface area contributed by atoms with Gasteiger partial charge < -0.3 is 16.0 Å². The van der Waals surface area contributed by atoms with Crippen molar-refractivity contribution in [1.82, 2.24) is 10.2 Å². The molecule has 0 atom stereocenters. The van der Waals surface area contributed by atoms with Crippen LogP contribution in [0.5, 0.6) is 0 Å². The molecule has 0 heterocycles. The van der Waals surface area contributed by atoms with Crippen molar-refractivity contribution >= 4 is 23.2 Å². The van der Waals surface area contributed by atoms with E-state index in [1.807, 2.05) is 4.90 Å². The fourth-order valence-electron chi connectivity index (χ4n) is 2.22. The first-order valence-corrected chi connectivity index (χ1v) is 6.88. The third-order valence-corrected chi connectivity index (χ3v) is 3.29. The minimum absolute atomic E-state index is 0.0156. The smallest absolute Gasteiger partial charge is 0.318 e. The van der Waals surface area contributed by atoms with Crippen LogP contribution in [0.15, 0.2) is 0 Å². The summed E-state index contributed by atoms with van der Waals surface area (Å²) < 4.78 is 0. The van der Waals surface area contributed by atoms with Crippen LogP contribution in [-0.4, -0.2) is 35.1 Å². The Labute approximate surface area is 109 Å². The lowest BCUT2D eigenvalue weighted by Crippen LogP contribution is -2.48. The summed E-state index contributed by atoms with van der Waals surface area (Å²) in [5.41, 5.74) is 5.56. The van der Waals surface area contributed by atoms with Gasteiger partial charge in [0, 0.05) is 12.6 Å². The molecule has 1 aliphatic rings. The normalized spacial score (nSPS) is 15.8. The molecule has 17 heavy (non-hydrogen) atoms. The second-order valence-electron chi connectivity index (χ2n) is 4.62. The topological polar surface area (TPSA) is 58.4 Å². The largest absolute Gasteiger partial charge is 0.392 e. The van der Waals surface area contributed by atoms with Crippen molar-refractivity contribution in [1.29, 1.82) is 0 Å². The number of unbranched alkanes of at least 4 members (excludes halogenated alkanes) is 1. The molecule has 0 aliphatic heterocycles. The number of amides is 2. The Morgan fingerprint density at radius 1 is 1.47 bits per heavy atom. The summed E-state index contributed by atoms with van der Waals surface area (Å²) in [6, 6.07) is 0.302. The lowest BCUT2D eigenvalue weighted by Gasteiger charge is -2.28. The fraction of sp³-hybridized carbons (Fsp3) is 0.833. The average molecular weight is 257 g/mol. The van der Waals surface area contributed by atoms with E-state index in [1.54, 1.807) is 0 Å². The number of urea groups is 1. The van der Waals surface area contributed by atoms with E-state index in [1.165, 1.54) is 12.8 Å². The molecule has 5 heteroatoms. The Balaban J connectivity index is 2.48. The molecule has 0 aromatic carbocycles. The van der Waals surface area contributed by atoms with Crippen LogP contribution in [0, 0.1) is 0 Å². The van der Waals surface area contributed by atoms with Gasteiger partial charge in [-0.2, -0.15) is 0 Å². The minimum Gasteiger partial charge on any atom is -0.392 e. The number of rotatable bonds is 6. The van der Waals surface area contributed by atoms with Gasteiger partial charge in [0.2, 0.25) is 0 Å². The Hall–Kier alpha value is -0.840. The zero-order valence-corrected chi connectivity index (χ0v) is 11.4. The van der Waals surface area contributed by atoms with E-state index in [0.717, 1.165) is 32.2 Å². The van der Waals surface area contributed by atoms with E-state index in [0.29, 0.717) is 17.6 Å². The van der Waals surface area contributed by atoms with Gasteiger partial charge in [0.1, 0.15) is 0 Å². The molecule has 0 saturated heterocycles. The molecule has 1 saturated carbocycles. The molecule has 1 aliphatic carbocycles. The first-order chi connectivity index (χ1) is 8.15. The van der Waals surface area contributed by atoms with Crippen LogP contribution in [0.4, 0.5) is 4.79 Å². The molecular weight excluding hydrogens is 234 g/mol. The van der Waals surface area contributed by atoms with Gasteiger partial charge in [-0.3, -0.25) is 0 Å². The molecule has 98 valence electrons. The Morgan fingerprint density at radius 2 is 2.12 bits per heavy atom. The van der Waals surface area contributed by atoms with Crippen molar-refractivity contribution in [2.45, 2.75) is 51.5 Å². The number of thiocarbonyl (C=S) groups is 1. The maximum Gasteiger partial charge on any atom is 0.318 e. The highest BCUT2D eigenvalue weighted by Crippen LogP contribution is 2.23. The zero-order chi connectivity index (χ0) is 12.7. The summed E-state index contributed by atoms with van der Waals surface area (Å²) >= 11 is 4.92. The van der Waals surface area contributed by atoms with Crippen LogP contribution in [0.2, 0.25) is 0 Å². The summed E-state index contributed by atoms with van der Waals surface area (Å²) in [5.74, 6) is 0. The van der Waals surface area contributed by atoms with E-state index in [-0.39, 0.29) is 6.03 Å². The summed E-state index contributed by atoms with van der Waals surface area (Å²) in [7, 11) is 0. The molecule has 3 N–H and O–H groups in total. The van der Waals surface area contributed by atoms with Gasteiger partial charge in [-0.1, -0.05) is 38.4 Å². The highest BCUT2D eigenvalue weighted by molar-refractivity contribution is 7.80. The minimum atomic E-state index is -0.0156. The highest BCUT2D eigenvalue weighted by Gasteiger charge is 2.26. The van der Waals surface area contributed by atoms with E-state index in [4.69, 9.17) is 18.0 Å². The van der Waals surface area contributed by atoms with Crippen LogP contribution >= 0.6 is 12.2 Å². The van der Waals surface area contributed by atoms with Gasteiger partial charge in [0.25, 0.3) is 0 Å². The second kappa shape index (κ2) is 7.48. The quantitative estimate of drug-likeness (QED) is 0.565. The van der Waals surface area contributed by atoms with Crippen LogP contribution in [0.3, 0.4) is 0 Å². The summed E-state index contributed by atoms with van der Waals surface area (Å²) in [5, 5.41) is 2.94. The maximum atomic E-state index is 12.0. The van der Waals surface area contributed by atoms with E-state index in [2.05, 4.69) is 12.2 Å². The zero-order valence-electron chi connectivity index (χ0n) is 10.6. The lowest BCUT2D eigenvalue weighted by molar-refractivity contribution is 0.185. The Kier molecular flexibility index (Phi) is 6.26. The number of hydrogen-bond donors (Lipinski definition) is 2. The van der Waals surface area contributed by atoms with Crippen molar-refractivity contribution in [3.63, 3.8) is 0 Å². The summed E-state index contributed by atoms with van der Waals surface area (Å²) in [6.45, 7) is 3.24. The first-order valence-electron chi connectivity index (χ1n) is 6.48. The number of nitrogens with zero attached hydrogens (tertiary/aromatic N) is 1. The van der Waals surface area contributed by atoms with Crippen LogP contribution < -0.4 is 11.1 Å². The molecule has 0 bridgehead atoms. The molecular formula is C12H23N3OS. The predicted octanol–water partition coefficient (Wildman–Crippen LogP) is 2.03. The highest BCUT2D eigenvalue weighted by atomic mass is 32.1. The Morgan fingerprint density at radius 3 is 2.65 bits per heavy atom. The van der Waals surface area contributed by atoms with E-state index < -0.39 is 0 Å². The predicted molar refractivity (Wildman–Crippen MR) is 74.1 cm³/mol. The van der Waals surface area contributed by atoms with E-state index in [9.17, 15) is 4.79 Å². The maximum absolute atomic E-state index is 12.0. The Bertz CT molecular complexity index is 264. The molecule has 1 rings (SSSR count). The van der Waals surface area contributed by atoms with Crippen molar-refractivity contribution in [2.24, 2.45) is 5.73 Å². The lowest BCUT2D eigenvalue weighted by atomic mass is 10.2. The first kappa shape index (κ1) is 14.2. The number of nitrogens with two attached hydrogens (primary N) is 1. The fourth-order valence-corrected chi connectivity index (χ4v) is 2.36. The molecule has 0 spiro atoms. The molecule has 4 nitrogen and oxygen atoms in total. The van der Waals surface area contributed by atoms with Crippen molar-refractivity contribution < 1.29 is 4.79 Å². The average Bonchev–Trinajstić information content (AvgIpc) is 2.79. The van der Waals surface area contributed by atoms with Gasteiger partial charge in [-0.25, -0.2) is 4.79 Å². The van der Waals surface area contributed by atoms with Gasteiger partial charge >= 0.3 is 6.03 Å². The molecule has 0 aromatic rings. The molecule has 0 unspecified atom stereocenters. The van der Waals surface area contributed by atoms with Gasteiger partial charge in [0.05, 0.1) is 11.5 Å². The number of carbonyl (C=O) groups is 1.